The van der Waals surface area contributed by atoms with E-state index in [2.05, 4.69) is 4.99 Å². The lowest BCUT2D eigenvalue weighted by Gasteiger charge is -2.19. The molecule has 0 aromatic heterocycles. The van der Waals surface area contributed by atoms with E-state index < -0.39 is 10.0 Å². The van der Waals surface area contributed by atoms with Gasteiger partial charge in [-0.1, -0.05) is 41.0 Å². The lowest BCUT2D eigenvalue weighted by Crippen LogP contribution is -2.33. The van der Waals surface area contributed by atoms with Crippen LogP contribution in [0.1, 0.15) is 28.8 Å². The number of aliphatic imine (C=N–C) groups is 1. The zero-order valence-electron chi connectivity index (χ0n) is 16.6. The van der Waals surface area contributed by atoms with Crippen molar-refractivity contribution >= 4 is 56.1 Å². The summed E-state index contributed by atoms with van der Waals surface area (Å²) in [5, 5.41) is 1.78. The van der Waals surface area contributed by atoms with Gasteiger partial charge in [-0.05, 0) is 54.8 Å². The maximum absolute atomic E-state index is 13.0. The number of thioether (sulfide) groups is 1. The number of rotatable bonds is 5. The van der Waals surface area contributed by atoms with Crippen LogP contribution in [0.25, 0.3) is 0 Å². The summed E-state index contributed by atoms with van der Waals surface area (Å²) in [4.78, 5) is 19.3. The highest BCUT2D eigenvalue weighted by Gasteiger charge is 2.29. The molecule has 1 amide bonds. The maximum Gasteiger partial charge on any atom is 0.259 e. The first kappa shape index (κ1) is 22.6. The Balaban J connectivity index is 1.44. The summed E-state index contributed by atoms with van der Waals surface area (Å²) < 4.78 is 26.9. The van der Waals surface area contributed by atoms with Gasteiger partial charge in [0.2, 0.25) is 10.0 Å². The van der Waals surface area contributed by atoms with Crippen LogP contribution in [-0.4, -0.2) is 54.9 Å². The van der Waals surface area contributed by atoms with Gasteiger partial charge in [0.15, 0.2) is 5.17 Å². The van der Waals surface area contributed by atoms with Gasteiger partial charge in [-0.15, -0.1) is 0 Å². The fourth-order valence-corrected chi connectivity index (χ4v) is 6.64. The summed E-state index contributed by atoms with van der Waals surface area (Å²) in [6.07, 6.45) is 1.76. The predicted octanol–water partition coefficient (Wildman–Crippen LogP) is 4.52. The number of sulfonamides is 1. The molecular weight excluding hydrogens is 477 g/mol. The molecule has 164 valence electrons. The second-order valence-electron chi connectivity index (χ2n) is 7.28. The van der Waals surface area contributed by atoms with Crippen LogP contribution in [0.4, 0.5) is 0 Å². The Labute approximate surface area is 196 Å². The lowest BCUT2D eigenvalue weighted by atomic mass is 10.2. The Bertz CT molecular complexity index is 1120. The Morgan fingerprint density at radius 1 is 1.03 bits per heavy atom. The summed E-state index contributed by atoms with van der Waals surface area (Å²) in [5.41, 5.74) is 1.34. The lowest BCUT2D eigenvalue weighted by molar-refractivity contribution is 0.0860. The van der Waals surface area contributed by atoms with Crippen LogP contribution in [0.2, 0.25) is 10.0 Å². The summed E-state index contributed by atoms with van der Waals surface area (Å²) in [5.74, 6) is 0.363. The molecule has 0 N–H and O–H groups in total. The third kappa shape index (κ3) is 4.93. The molecule has 0 aliphatic carbocycles. The van der Waals surface area contributed by atoms with Crippen molar-refractivity contribution in [2.24, 2.45) is 4.99 Å². The van der Waals surface area contributed by atoms with E-state index in [9.17, 15) is 13.2 Å². The van der Waals surface area contributed by atoms with Crippen molar-refractivity contribution < 1.29 is 13.2 Å². The zero-order chi connectivity index (χ0) is 22.0. The summed E-state index contributed by atoms with van der Waals surface area (Å²) >= 11 is 13.6. The third-order valence-corrected chi connectivity index (χ3v) is 8.79. The molecular formula is C21H21Cl2N3O3S2. The van der Waals surface area contributed by atoms with Crippen LogP contribution >= 0.6 is 35.0 Å². The van der Waals surface area contributed by atoms with Crippen molar-refractivity contribution in [1.29, 1.82) is 0 Å². The fourth-order valence-electron chi connectivity index (χ4n) is 3.52. The largest absolute Gasteiger partial charge is 0.286 e. The minimum absolute atomic E-state index is 0.198. The van der Waals surface area contributed by atoms with Gasteiger partial charge in [0.25, 0.3) is 5.91 Å². The number of amidine groups is 1. The zero-order valence-corrected chi connectivity index (χ0v) is 19.8. The number of hydrogen-bond acceptors (Lipinski definition) is 5. The van der Waals surface area contributed by atoms with Crippen LogP contribution in [0.15, 0.2) is 52.4 Å². The van der Waals surface area contributed by atoms with Crippen LogP contribution in [0, 0.1) is 0 Å². The molecule has 1 fully saturated rings. The van der Waals surface area contributed by atoms with E-state index in [4.69, 9.17) is 23.2 Å². The molecule has 0 atom stereocenters. The minimum Gasteiger partial charge on any atom is -0.286 e. The number of amides is 1. The van der Waals surface area contributed by atoms with Crippen molar-refractivity contribution in [3.8, 4) is 0 Å². The van der Waals surface area contributed by atoms with Crippen molar-refractivity contribution in [2.75, 3.05) is 26.2 Å². The van der Waals surface area contributed by atoms with Crippen molar-refractivity contribution in [3.05, 3.63) is 63.6 Å². The summed E-state index contributed by atoms with van der Waals surface area (Å²) in [6.45, 7) is 2.12. The molecule has 0 radical (unpaired) electrons. The van der Waals surface area contributed by atoms with Gasteiger partial charge in [-0.25, -0.2) is 8.42 Å². The Morgan fingerprint density at radius 3 is 2.42 bits per heavy atom. The highest BCUT2D eigenvalue weighted by Crippen LogP contribution is 2.28. The maximum atomic E-state index is 13.0. The number of carbonyl (C=O) groups excluding carboxylic acids is 1. The topological polar surface area (TPSA) is 70.1 Å². The monoisotopic (exact) mass is 497 g/mol. The van der Waals surface area contributed by atoms with Crippen molar-refractivity contribution in [1.82, 2.24) is 9.21 Å². The van der Waals surface area contributed by atoms with Crippen LogP contribution < -0.4 is 0 Å². The van der Waals surface area contributed by atoms with Crippen LogP contribution in [-0.2, 0) is 15.8 Å². The van der Waals surface area contributed by atoms with Gasteiger partial charge in [0.05, 0.1) is 11.4 Å². The molecule has 4 rings (SSSR count). The highest BCUT2D eigenvalue weighted by molar-refractivity contribution is 8.13. The highest BCUT2D eigenvalue weighted by atomic mass is 35.5. The first-order valence-corrected chi connectivity index (χ1v) is 13.1. The Hall–Kier alpha value is -1.58. The van der Waals surface area contributed by atoms with Crippen LogP contribution in [0.3, 0.4) is 0 Å². The minimum atomic E-state index is -3.50. The van der Waals surface area contributed by atoms with E-state index in [0.717, 1.165) is 18.4 Å². The molecule has 2 heterocycles. The average Bonchev–Trinajstić information content (AvgIpc) is 3.45. The first-order chi connectivity index (χ1) is 14.9. The quantitative estimate of drug-likeness (QED) is 0.608. The molecule has 2 aliphatic heterocycles. The van der Waals surface area contributed by atoms with E-state index in [-0.39, 0.29) is 10.8 Å². The number of halogens is 2. The van der Waals surface area contributed by atoms with Gasteiger partial charge in [-0.3, -0.25) is 14.7 Å². The number of carbonyl (C=O) groups is 1. The summed E-state index contributed by atoms with van der Waals surface area (Å²) in [6, 6.07) is 11.5. The number of benzene rings is 2. The predicted molar refractivity (Wildman–Crippen MR) is 126 cm³/mol. The van der Waals surface area contributed by atoms with Gasteiger partial charge in [-0.2, -0.15) is 4.31 Å². The SMILES string of the molecule is O=C(c1ccc(S(=O)(=O)N2CCCC2)cc1)N1CCN=C1SCc1ccc(Cl)cc1Cl. The van der Waals surface area contributed by atoms with Gasteiger partial charge < -0.3 is 0 Å². The Kier molecular flexibility index (Phi) is 6.93. The molecule has 10 heteroatoms. The Morgan fingerprint density at radius 2 is 1.74 bits per heavy atom. The molecule has 2 aliphatic rings. The van der Waals surface area contributed by atoms with Crippen molar-refractivity contribution in [2.45, 2.75) is 23.5 Å². The summed E-state index contributed by atoms with van der Waals surface area (Å²) in [7, 11) is -3.50. The molecule has 6 nitrogen and oxygen atoms in total. The molecule has 0 bridgehead atoms. The molecule has 2 aromatic carbocycles. The number of nitrogens with zero attached hydrogens (tertiary/aromatic N) is 3. The normalized spacial score (nSPS) is 17.2. The average molecular weight is 498 g/mol. The van der Waals surface area contributed by atoms with E-state index in [0.29, 0.717) is 52.7 Å². The van der Waals surface area contributed by atoms with Gasteiger partial charge >= 0.3 is 0 Å². The van der Waals surface area contributed by atoms with Gasteiger partial charge in [0.1, 0.15) is 0 Å². The molecule has 0 spiro atoms. The molecule has 1 saturated heterocycles. The third-order valence-electron chi connectivity index (χ3n) is 5.22. The van der Waals surface area contributed by atoms with Crippen LogP contribution in [0.5, 0.6) is 0 Å². The standard InChI is InChI=1S/C21H21Cl2N3O3S2/c22-17-6-3-16(19(23)13-17)14-30-21-24-9-12-26(21)20(27)15-4-7-18(8-5-15)31(28,29)25-10-1-2-11-25/h3-8,13H,1-2,9-12,14H2. The molecule has 0 saturated carbocycles. The molecule has 2 aromatic rings. The van der Waals surface area contributed by atoms with Gasteiger partial charge in [0, 0.05) is 41.0 Å². The van der Waals surface area contributed by atoms with E-state index in [1.807, 2.05) is 6.07 Å². The van der Waals surface area contributed by atoms with E-state index in [1.165, 1.54) is 28.2 Å². The molecule has 0 unspecified atom stereocenters. The van der Waals surface area contributed by atoms with E-state index in [1.54, 1.807) is 29.2 Å². The van der Waals surface area contributed by atoms with Crippen molar-refractivity contribution in [3.63, 3.8) is 0 Å². The second kappa shape index (κ2) is 9.50. The number of hydrogen-bond donors (Lipinski definition) is 0. The molecule has 31 heavy (non-hydrogen) atoms. The second-order valence-corrected chi connectivity index (χ2v) is 11.0. The first-order valence-electron chi connectivity index (χ1n) is 9.89. The fraction of sp³-hybridized carbons (Fsp3) is 0.333. The smallest absolute Gasteiger partial charge is 0.259 e. The van der Waals surface area contributed by atoms with E-state index >= 15 is 0 Å².